The third kappa shape index (κ3) is 2.76. The predicted octanol–water partition coefficient (Wildman–Crippen LogP) is 5.53. The summed E-state index contributed by atoms with van der Waals surface area (Å²) in [4.78, 5) is 0. The summed E-state index contributed by atoms with van der Waals surface area (Å²) in [7, 11) is 0. The zero-order valence-corrected chi connectivity index (χ0v) is 12.5. The van der Waals surface area contributed by atoms with Crippen LogP contribution in [0.4, 0.5) is 4.39 Å². The Labute approximate surface area is 120 Å². The number of hydrogen-bond acceptors (Lipinski definition) is 0. The first kappa shape index (κ1) is 13.6. The van der Waals surface area contributed by atoms with Crippen LogP contribution in [0.3, 0.4) is 0 Å². The van der Waals surface area contributed by atoms with E-state index in [1.165, 1.54) is 12.1 Å². The number of halogens is 3. The maximum atomic E-state index is 13.3. The van der Waals surface area contributed by atoms with Crippen molar-refractivity contribution in [3.63, 3.8) is 0 Å². The van der Waals surface area contributed by atoms with Gasteiger partial charge in [-0.2, -0.15) is 0 Å². The van der Waals surface area contributed by atoms with Gasteiger partial charge in [-0.3, -0.25) is 0 Å². The number of benzene rings is 2. The van der Waals surface area contributed by atoms with Crippen molar-refractivity contribution in [2.75, 3.05) is 0 Å². The van der Waals surface area contributed by atoms with Crippen molar-refractivity contribution < 1.29 is 4.39 Å². The van der Waals surface area contributed by atoms with Gasteiger partial charge >= 0.3 is 0 Å². The first-order valence-corrected chi connectivity index (χ1v) is 6.88. The first-order valence-electron chi connectivity index (χ1n) is 5.65. The lowest BCUT2D eigenvalue weighted by Gasteiger charge is -2.15. The van der Waals surface area contributed by atoms with Crippen LogP contribution in [0, 0.1) is 19.7 Å². The van der Waals surface area contributed by atoms with Crippen LogP contribution in [0.5, 0.6) is 0 Å². The van der Waals surface area contributed by atoms with Crippen molar-refractivity contribution in [3.05, 3.63) is 68.9 Å². The molecule has 2 rings (SSSR count). The average Bonchev–Trinajstić information content (AvgIpc) is 2.34. The molecule has 1 unspecified atom stereocenters. The molecular formula is C15H13BrClF. The van der Waals surface area contributed by atoms with Crippen LogP contribution < -0.4 is 0 Å². The van der Waals surface area contributed by atoms with Gasteiger partial charge in [0, 0.05) is 4.47 Å². The highest BCUT2D eigenvalue weighted by Gasteiger charge is 2.16. The molecule has 0 aliphatic heterocycles. The van der Waals surface area contributed by atoms with E-state index < -0.39 is 0 Å². The van der Waals surface area contributed by atoms with Gasteiger partial charge in [0.1, 0.15) is 5.82 Å². The molecule has 0 spiro atoms. The maximum absolute atomic E-state index is 13.3. The Hall–Kier alpha value is -0.860. The molecule has 0 amide bonds. The SMILES string of the molecule is Cc1ccc(C)c(C(Cl)c2cc(F)ccc2Br)c1. The van der Waals surface area contributed by atoms with Crippen LogP contribution in [0.25, 0.3) is 0 Å². The Morgan fingerprint density at radius 3 is 2.50 bits per heavy atom. The Bertz CT molecular complexity index is 529. The highest BCUT2D eigenvalue weighted by Crippen LogP contribution is 2.36. The lowest BCUT2D eigenvalue weighted by atomic mass is 9.98. The first-order chi connectivity index (χ1) is 8.49. The molecule has 2 aromatic rings. The van der Waals surface area contributed by atoms with E-state index >= 15 is 0 Å². The van der Waals surface area contributed by atoms with E-state index in [2.05, 4.69) is 15.9 Å². The summed E-state index contributed by atoms with van der Waals surface area (Å²) >= 11 is 9.91. The van der Waals surface area contributed by atoms with Crippen molar-refractivity contribution in [1.29, 1.82) is 0 Å². The summed E-state index contributed by atoms with van der Waals surface area (Å²) in [6, 6.07) is 10.7. The number of rotatable bonds is 2. The lowest BCUT2D eigenvalue weighted by molar-refractivity contribution is 0.625. The number of alkyl halides is 1. The molecule has 1 atom stereocenters. The van der Waals surface area contributed by atoms with Crippen molar-refractivity contribution >= 4 is 27.5 Å². The van der Waals surface area contributed by atoms with E-state index in [0.29, 0.717) is 0 Å². The minimum atomic E-state index is -0.352. The number of aryl methyl sites for hydroxylation is 2. The predicted molar refractivity (Wildman–Crippen MR) is 77.7 cm³/mol. The fourth-order valence-electron chi connectivity index (χ4n) is 1.91. The van der Waals surface area contributed by atoms with Crippen LogP contribution >= 0.6 is 27.5 Å². The van der Waals surface area contributed by atoms with Crippen molar-refractivity contribution in [2.45, 2.75) is 19.2 Å². The molecule has 0 aliphatic carbocycles. The van der Waals surface area contributed by atoms with Gasteiger partial charge in [0.2, 0.25) is 0 Å². The minimum Gasteiger partial charge on any atom is -0.207 e. The van der Waals surface area contributed by atoms with Crippen LogP contribution in [-0.2, 0) is 0 Å². The Balaban J connectivity index is 2.50. The molecule has 0 bridgehead atoms. The summed E-state index contributed by atoms with van der Waals surface area (Å²) in [6.45, 7) is 4.03. The second-order valence-corrected chi connectivity index (χ2v) is 5.68. The molecule has 0 fully saturated rings. The molecule has 0 aliphatic rings. The normalized spacial score (nSPS) is 12.5. The molecule has 0 N–H and O–H groups in total. The molecule has 3 heteroatoms. The van der Waals surface area contributed by atoms with Gasteiger partial charge in [-0.25, -0.2) is 4.39 Å². The molecule has 18 heavy (non-hydrogen) atoms. The third-order valence-corrected chi connectivity index (χ3v) is 4.13. The molecule has 0 saturated carbocycles. The number of hydrogen-bond donors (Lipinski definition) is 0. The summed E-state index contributed by atoms with van der Waals surface area (Å²) in [5.41, 5.74) is 4.03. The molecule has 2 aromatic carbocycles. The van der Waals surface area contributed by atoms with Crippen molar-refractivity contribution in [1.82, 2.24) is 0 Å². The van der Waals surface area contributed by atoms with Gasteiger partial charge < -0.3 is 0 Å². The fraction of sp³-hybridized carbons (Fsp3) is 0.200. The topological polar surface area (TPSA) is 0 Å². The zero-order valence-electron chi connectivity index (χ0n) is 10.2. The highest BCUT2D eigenvalue weighted by molar-refractivity contribution is 9.10. The zero-order chi connectivity index (χ0) is 13.3. The standard InChI is InChI=1S/C15H13BrClF/c1-9-3-4-10(2)12(7-9)15(17)13-8-11(18)5-6-14(13)16/h3-8,15H,1-2H3. The van der Waals surface area contributed by atoms with E-state index in [1.54, 1.807) is 6.07 Å². The van der Waals surface area contributed by atoms with Gasteiger partial charge in [0.05, 0.1) is 5.38 Å². The molecule has 0 nitrogen and oxygen atoms in total. The molecule has 94 valence electrons. The summed E-state index contributed by atoms with van der Waals surface area (Å²) in [6.07, 6.45) is 0. The maximum Gasteiger partial charge on any atom is 0.123 e. The van der Waals surface area contributed by atoms with E-state index in [4.69, 9.17) is 11.6 Å². The molecule has 0 aromatic heterocycles. The second-order valence-electron chi connectivity index (χ2n) is 4.39. The van der Waals surface area contributed by atoms with Crippen LogP contribution in [-0.4, -0.2) is 0 Å². The van der Waals surface area contributed by atoms with Crippen LogP contribution in [0.15, 0.2) is 40.9 Å². The molecule has 0 saturated heterocycles. The minimum absolute atomic E-state index is 0.274. The van der Waals surface area contributed by atoms with Gasteiger partial charge in [-0.15, -0.1) is 11.6 Å². The summed E-state index contributed by atoms with van der Waals surface area (Å²) in [5.74, 6) is -0.274. The molecule has 0 heterocycles. The monoisotopic (exact) mass is 326 g/mol. The lowest BCUT2D eigenvalue weighted by Crippen LogP contribution is -1.99. The van der Waals surface area contributed by atoms with E-state index in [0.717, 1.165) is 26.7 Å². The van der Waals surface area contributed by atoms with Gasteiger partial charge in [-0.05, 0) is 48.7 Å². The quantitative estimate of drug-likeness (QED) is 0.636. The van der Waals surface area contributed by atoms with E-state index in [-0.39, 0.29) is 11.2 Å². The average molecular weight is 328 g/mol. The van der Waals surface area contributed by atoms with Gasteiger partial charge in [-0.1, -0.05) is 39.7 Å². The summed E-state index contributed by atoms with van der Waals surface area (Å²) < 4.78 is 14.1. The van der Waals surface area contributed by atoms with Gasteiger partial charge in [0.25, 0.3) is 0 Å². The van der Waals surface area contributed by atoms with Crippen molar-refractivity contribution in [2.24, 2.45) is 0 Å². The Kier molecular flexibility index (Phi) is 4.08. The Morgan fingerprint density at radius 2 is 1.78 bits per heavy atom. The third-order valence-electron chi connectivity index (χ3n) is 2.94. The van der Waals surface area contributed by atoms with Crippen LogP contribution in [0.1, 0.15) is 27.6 Å². The fourth-order valence-corrected chi connectivity index (χ4v) is 2.93. The van der Waals surface area contributed by atoms with Crippen molar-refractivity contribution in [3.8, 4) is 0 Å². The smallest absolute Gasteiger partial charge is 0.123 e. The van der Waals surface area contributed by atoms with Crippen LogP contribution in [0.2, 0.25) is 0 Å². The largest absolute Gasteiger partial charge is 0.207 e. The molecule has 0 radical (unpaired) electrons. The van der Waals surface area contributed by atoms with E-state index in [9.17, 15) is 4.39 Å². The summed E-state index contributed by atoms with van der Waals surface area (Å²) in [5, 5.41) is -0.352. The molecular weight excluding hydrogens is 315 g/mol. The van der Waals surface area contributed by atoms with E-state index in [1.807, 2.05) is 32.0 Å². The highest BCUT2D eigenvalue weighted by atomic mass is 79.9. The second kappa shape index (κ2) is 5.41. The van der Waals surface area contributed by atoms with Gasteiger partial charge in [0.15, 0.2) is 0 Å². The Morgan fingerprint density at radius 1 is 1.06 bits per heavy atom.